The summed E-state index contributed by atoms with van der Waals surface area (Å²) in [6.45, 7) is 10.5. The largest absolute Gasteiger partial charge is 0.463 e. The number of likely N-dealkylation sites (tertiary alicyclic amines) is 1. The minimum atomic E-state index is 0.499. The van der Waals surface area contributed by atoms with Crippen molar-refractivity contribution < 1.29 is 4.42 Å². The molecule has 96 valence electrons. The molecule has 1 aromatic heterocycles. The van der Waals surface area contributed by atoms with Crippen molar-refractivity contribution in [2.45, 2.75) is 40.3 Å². The fourth-order valence-corrected chi connectivity index (χ4v) is 3.01. The molecular weight excluding hydrogens is 212 g/mol. The Balaban J connectivity index is 1.99. The molecule has 1 saturated heterocycles. The minimum absolute atomic E-state index is 0.499. The molecule has 3 heteroatoms. The predicted molar refractivity (Wildman–Crippen MR) is 69.6 cm³/mol. The first-order chi connectivity index (χ1) is 8.08. The Morgan fingerprint density at radius 2 is 2.00 bits per heavy atom. The molecule has 2 rings (SSSR count). The molecule has 2 heterocycles. The van der Waals surface area contributed by atoms with Gasteiger partial charge in [-0.25, -0.2) is 0 Å². The fraction of sp³-hybridized carbons (Fsp3) is 0.714. The van der Waals surface area contributed by atoms with E-state index in [1.807, 2.05) is 0 Å². The highest BCUT2D eigenvalue weighted by atomic mass is 16.3. The summed E-state index contributed by atoms with van der Waals surface area (Å²) in [6, 6.07) is 2.13. The van der Waals surface area contributed by atoms with Crippen molar-refractivity contribution in [1.29, 1.82) is 0 Å². The van der Waals surface area contributed by atoms with Crippen molar-refractivity contribution in [1.82, 2.24) is 4.90 Å². The molecule has 0 saturated carbocycles. The van der Waals surface area contributed by atoms with E-state index in [0.29, 0.717) is 6.54 Å². The molecule has 0 aliphatic carbocycles. The van der Waals surface area contributed by atoms with E-state index < -0.39 is 0 Å². The van der Waals surface area contributed by atoms with E-state index in [2.05, 4.69) is 31.7 Å². The molecule has 0 spiro atoms. The quantitative estimate of drug-likeness (QED) is 0.877. The van der Waals surface area contributed by atoms with Gasteiger partial charge in [0.05, 0.1) is 13.1 Å². The summed E-state index contributed by atoms with van der Waals surface area (Å²) in [4.78, 5) is 2.50. The minimum Gasteiger partial charge on any atom is -0.463 e. The third kappa shape index (κ3) is 3.11. The van der Waals surface area contributed by atoms with E-state index in [1.54, 1.807) is 0 Å². The first kappa shape index (κ1) is 12.7. The number of piperidine rings is 1. The summed E-state index contributed by atoms with van der Waals surface area (Å²) in [5, 5.41) is 0. The van der Waals surface area contributed by atoms with Crippen LogP contribution in [0, 0.1) is 18.8 Å². The van der Waals surface area contributed by atoms with Crippen LogP contribution in [0.3, 0.4) is 0 Å². The van der Waals surface area contributed by atoms with Gasteiger partial charge in [-0.15, -0.1) is 0 Å². The SMILES string of the molecule is Cc1cc(CN2CC(C)CC(C)C2)oc1CN. The molecule has 2 unspecified atom stereocenters. The molecule has 2 N–H and O–H groups in total. The van der Waals surface area contributed by atoms with Crippen molar-refractivity contribution in [3.8, 4) is 0 Å². The van der Waals surface area contributed by atoms with Crippen LogP contribution >= 0.6 is 0 Å². The molecule has 0 bridgehead atoms. The summed E-state index contributed by atoms with van der Waals surface area (Å²) >= 11 is 0. The predicted octanol–water partition coefficient (Wildman–Crippen LogP) is 2.52. The van der Waals surface area contributed by atoms with Crippen LogP contribution in [-0.4, -0.2) is 18.0 Å². The van der Waals surface area contributed by atoms with Gasteiger partial charge in [-0.3, -0.25) is 4.90 Å². The fourth-order valence-electron chi connectivity index (χ4n) is 3.01. The standard InChI is InChI=1S/C14H24N2O/c1-10-4-11(2)8-16(7-10)9-13-5-12(3)14(6-15)17-13/h5,10-11H,4,6-9,15H2,1-3H3. The van der Waals surface area contributed by atoms with E-state index >= 15 is 0 Å². The summed E-state index contributed by atoms with van der Waals surface area (Å²) < 4.78 is 5.77. The lowest BCUT2D eigenvalue weighted by Gasteiger charge is -2.34. The van der Waals surface area contributed by atoms with Crippen molar-refractivity contribution >= 4 is 0 Å². The number of nitrogens with two attached hydrogens (primary N) is 1. The molecule has 0 aromatic carbocycles. The zero-order valence-corrected chi connectivity index (χ0v) is 11.2. The van der Waals surface area contributed by atoms with Crippen LogP contribution in [0.5, 0.6) is 0 Å². The maximum Gasteiger partial charge on any atom is 0.120 e. The number of aryl methyl sites for hydroxylation is 1. The van der Waals surface area contributed by atoms with E-state index in [9.17, 15) is 0 Å². The number of nitrogens with zero attached hydrogens (tertiary/aromatic N) is 1. The average Bonchev–Trinajstić information content (AvgIpc) is 2.57. The summed E-state index contributed by atoms with van der Waals surface area (Å²) in [5.74, 6) is 3.58. The van der Waals surface area contributed by atoms with Gasteiger partial charge >= 0.3 is 0 Å². The second kappa shape index (κ2) is 5.23. The van der Waals surface area contributed by atoms with Crippen LogP contribution in [0.25, 0.3) is 0 Å². The first-order valence-electron chi connectivity index (χ1n) is 6.59. The van der Waals surface area contributed by atoms with Crippen molar-refractivity contribution in [2.75, 3.05) is 13.1 Å². The van der Waals surface area contributed by atoms with Gasteiger partial charge in [0.25, 0.3) is 0 Å². The van der Waals surface area contributed by atoms with Gasteiger partial charge < -0.3 is 10.2 Å². The number of hydrogen-bond donors (Lipinski definition) is 1. The number of furan rings is 1. The monoisotopic (exact) mass is 236 g/mol. The Bertz CT molecular complexity index is 362. The van der Waals surface area contributed by atoms with Gasteiger partial charge in [0.2, 0.25) is 0 Å². The van der Waals surface area contributed by atoms with Crippen LogP contribution in [0.1, 0.15) is 37.4 Å². The molecular formula is C14H24N2O. The zero-order valence-electron chi connectivity index (χ0n) is 11.2. The van der Waals surface area contributed by atoms with Crippen molar-refractivity contribution in [3.05, 3.63) is 23.2 Å². The van der Waals surface area contributed by atoms with E-state index in [1.165, 1.54) is 25.1 Å². The van der Waals surface area contributed by atoms with Gasteiger partial charge in [-0.2, -0.15) is 0 Å². The molecule has 3 nitrogen and oxygen atoms in total. The summed E-state index contributed by atoms with van der Waals surface area (Å²) in [7, 11) is 0. The highest BCUT2D eigenvalue weighted by molar-refractivity contribution is 5.19. The second-order valence-electron chi connectivity index (χ2n) is 5.66. The zero-order chi connectivity index (χ0) is 12.4. The number of hydrogen-bond acceptors (Lipinski definition) is 3. The topological polar surface area (TPSA) is 42.4 Å². The highest BCUT2D eigenvalue weighted by Crippen LogP contribution is 2.23. The lowest BCUT2D eigenvalue weighted by molar-refractivity contribution is 0.125. The summed E-state index contributed by atoms with van der Waals surface area (Å²) in [6.07, 6.45) is 1.35. The lowest BCUT2D eigenvalue weighted by Crippen LogP contribution is -2.37. The second-order valence-corrected chi connectivity index (χ2v) is 5.66. The molecule has 1 aliphatic rings. The summed E-state index contributed by atoms with van der Waals surface area (Å²) in [5.41, 5.74) is 6.82. The molecule has 0 radical (unpaired) electrons. The molecule has 0 amide bonds. The smallest absolute Gasteiger partial charge is 0.120 e. The van der Waals surface area contributed by atoms with Crippen LogP contribution in [0.15, 0.2) is 10.5 Å². The van der Waals surface area contributed by atoms with Crippen LogP contribution in [0.4, 0.5) is 0 Å². The lowest BCUT2D eigenvalue weighted by atomic mass is 9.92. The molecule has 2 atom stereocenters. The van der Waals surface area contributed by atoms with Gasteiger partial charge in [0, 0.05) is 13.1 Å². The Morgan fingerprint density at radius 1 is 1.35 bits per heavy atom. The normalized spacial score (nSPS) is 26.4. The molecule has 1 aromatic rings. The van der Waals surface area contributed by atoms with E-state index in [-0.39, 0.29) is 0 Å². The maximum atomic E-state index is 5.77. The van der Waals surface area contributed by atoms with E-state index in [4.69, 9.17) is 10.2 Å². The van der Waals surface area contributed by atoms with Crippen molar-refractivity contribution in [3.63, 3.8) is 0 Å². The Kier molecular flexibility index (Phi) is 3.89. The Morgan fingerprint density at radius 3 is 2.53 bits per heavy atom. The average molecular weight is 236 g/mol. The van der Waals surface area contributed by atoms with Crippen LogP contribution in [-0.2, 0) is 13.1 Å². The van der Waals surface area contributed by atoms with Crippen LogP contribution in [0.2, 0.25) is 0 Å². The first-order valence-corrected chi connectivity index (χ1v) is 6.59. The Labute approximate surface area is 104 Å². The van der Waals surface area contributed by atoms with Crippen molar-refractivity contribution in [2.24, 2.45) is 17.6 Å². The third-order valence-electron chi connectivity index (χ3n) is 3.58. The maximum absolute atomic E-state index is 5.77. The Hall–Kier alpha value is -0.800. The molecule has 1 aliphatic heterocycles. The molecule has 1 fully saturated rings. The van der Waals surface area contributed by atoms with Gasteiger partial charge in [-0.05, 0) is 36.8 Å². The number of rotatable bonds is 3. The third-order valence-corrected chi connectivity index (χ3v) is 3.58. The highest BCUT2D eigenvalue weighted by Gasteiger charge is 2.22. The van der Waals surface area contributed by atoms with Gasteiger partial charge in [0.15, 0.2) is 0 Å². The van der Waals surface area contributed by atoms with Gasteiger partial charge in [-0.1, -0.05) is 13.8 Å². The van der Waals surface area contributed by atoms with Crippen LogP contribution < -0.4 is 5.73 Å². The van der Waals surface area contributed by atoms with Gasteiger partial charge in [0.1, 0.15) is 11.5 Å². The molecule has 17 heavy (non-hydrogen) atoms. The van der Waals surface area contributed by atoms with E-state index in [0.717, 1.165) is 29.9 Å².